The molecule has 4 nitrogen and oxygen atoms in total. The van der Waals surface area contributed by atoms with Crippen LogP contribution < -0.4 is 4.74 Å². The number of benzene rings is 1. The number of sulfone groups is 1. The number of hydrogen-bond acceptors (Lipinski definition) is 4. The molecule has 0 aromatic heterocycles. The first-order valence-electron chi connectivity index (χ1n) is 6.83. The molecule has 0 bridgehead atoms. The maximum Gasteiger partial charge on any atom is 0.187 e. The van der Waals surface area contributed by atoms with E-state index in [-0.39, 0.29) is 10.3 Å². The lowest BCUT2D eigenvalue weighted by Crippen LogP contribution is -2.42. The van der Waals surface area contributed by atoms with Gasteiger partial charge in [0.2, 0.25) is 0 Å². The van der Waals surface area contributed by atoms with E-state index in [1.807, 2.05) is 13.8 Å². The number of methoxy groups -OCH3 is 1. The minimum atomic E-state index is -3.60. The Labute approximate surface area is 120 Å². The third-order valence-electron chi connectivity index (χ3n) is 4.07. The maximum atomic E-state index is 12.8. The van der Waals surface area contributed by atoms with Gasteiger partial charge < -0.3 is 9.84 Å². The quantitative estimate of drug-likeness (QED) is 0.930. The lowest BCUT2D eigenvalue weighted by atomic mass is 9.76. The van der Waals surface area contributed by atoms with Crippen LogP contribution in [0.15, 0.2) is 29.2 Å². The highest BCUT2D eigenvalue weighted by atomic mass is 32.2. The molecule has 0 heterocycles. The fourth-order valence-corrected chi connectivity index (χ4v) is 5.09. The van der Waals surface area contributed by atoms with E-state index in [0.29, 0.717) is 18.6 Å². The van der Waals surface area contributed by atoms with E-state index in [4.69, 9.17) is 4.74 Å². The Hall–Kier alpha value is -1.07. The molecule has 2 atom stereocenters. The molecule has 1 aromatic rings. The molecular formula is C15H22O4S. The first kappa shape index (κ1) is 15.3. The summed E-state index contributed by atoms with van der Waals surface area (Å²) in [7, 11) is -2.15. The predicted molar refractivity (Wildman–Crippen MR) is 77.6 cm³/mol. The van der Waals surface area contributed by atoms with Crippen LogP contribution in [0.2, 0.25) is 0 Å². The van der Waals surface area contributed by atoms with Crippen LogP contribution in [0.4, 0.5) is 0 Å². The normalized spacial score (nSPS) is 26.2. The topological polar surface area (TPSA) is 63.6 Å². The number of para-hydroxylation sites is 1. The van der Waals surface area contributed by atoms with E-state index in [2.05, 4.69) is 0 Å². The summed E-state index contributed by atoms with van der Waals surface area (Å²) in [5.41, 5.74) is -0.0705. The van der Waals surface area contributed by atoms with Crippen LogP contribution in [-0.2, 0) is 9.84 Å². The molecule has 0 radical (unpaired) electrons. The lowest BCUT2D eigenvalue weighted by Gasteiger charge is -2.38. The summed E-state index contributed by atoms with van der Waals surface area (Å²) >= 11 is 0. The molecule has 0 aliphatic heterocycles. The minimum Gasteiger partial charge on any atom is -0.495 e. The number of ether oxygens (including phenoxy) is 1. The molecule has 0 spiro atoms. The van der Waals surface area contributed by atoms with Gasteiger partial charge in [-0.15, -0.1) is 0 Å². The fraction of sp³-hybridized carbons (Fsp3) is 0.600. The molecule has 1 aromatic carbocycles. The van der Waals surface area contributed by atoms with E-state index in [1.165, 1.54) is 7.11 Å². The summed E-state index contributed by atoms with van der Waals surface area (Å²) in [6.45, 7) is 4.09. The monoisotopic (exact) mass is 298 g/mol. The zero-order chi connectivity index (χ0) is 15.0. The van der Waals surface area contributed by atoms with Crippen LogP contribution in [0.25, 0.3) is 0 Å². The number of aliphatic hydroxyl groups excluding tert-OH is 1. The van der Waals surface area contributed by atoms with E-state index in [0.717, 1.165) is 6.42 Å². The van der Waals surface area contributed by atoms with Gasteiger partial charge in [-0.25, -0.2) is 8.42 Å². The summed E-state index contributed by atoms with van der Waals surface area (Å²) in [6.07, 6.45) is 1.02. The molecule has 0 saturated heterocycles. The van der Waals surface area contributed by atoms with Gasteiger partial charge in [-0.05, 0) is 36.8 Å². The zero-order valence-electron chi connectivity index (χ0n) is 12.2. The van der Waals surface area contributed by atoms with E-state index in [9.17, 15) is 13.5 Å². The summed E-state index contributed by atoms with van der Waals surface area (Å²) in [6, 6.07) is 6.59. The van der Waals surface area contributed by atoms with E-state index in [1.54, 1.807) is 24.3 Å². The second kappa shape index (κ2) is 5.37. The van der Waals surface area contributed by atoms with Crippen molar-refractivity contribution in [2.45, 2.75) is 49.4 Å². The highest BCUT2D eigenvalue weighted by Gasteiger charge is 2.42. The Morgan fingerprint density at radius 3 is 2.60 bits per heavy atom. The Balaban J connectivity index is 2.43. The third kappa shape index (κ3) is 2.83. The van der Waals surface area contributed by atoms with Crippen LogP contribution in [-0.4, -0.2) is 32.0 Å². The molecule has 5 heteroatoms. The summed E-state index contributed by atoms with van der Waals surface area (Å²) < 4.78 is 30.8. The highest BCUT2D eigenvalue weighted by Crippen LogP contribution is 2.41. The minimum absolute atomic E-state index is 0.0705. The standard InChI is InChI=1S/C15H22O4S/c1-15(2)9-8-11(16)14(10-15)20(17,18)13-7-5-4-6-12(13)19-3/h4-7,11,14,16H,8-10H2,1-3H3. The van der Waals surface area contributed by atoms with Crippen LogP contribution >= 0.6 is 0 Å². The lowest BCUT2D eigenvalue weighted by molar-refractivity contribution is 0.0835. The van der Waals surface area contributed by atoms with Gasteiger partial charge in [-0.2, -0.15) is 0 Å². The first-order valence-corrected chi connectivity index (χ1v) is 8.37. The number of aliphatic hydroxyl groups is 1. The van der Waals surface area contributed by atoms with E-state index >= 15 is 0 Å². The molecule has 112 valence electrons. The SMILES string of the molecule is COc1ccccc1S(=O)(=O)C1CC(C)(C)CCC1O. The molecule has 1 saturated carbocycles. The van der Waals surface area contributed by atoms with Gasteiger partial charge in [0.15, 0.2) is 9.84 Å². The van der Waals surface area contributed by atoms with Crippen LogP contribution in [0.3, 0.4) is 0 Å². The molecular weight excluding hydrogens is 276 g/mol. The van der Waals surface area contributed by atoms with Gasteiger partial charge in [0.05, 0.1) is 18.5 Å². The molecule has 1 fully saturated rings. The van der Waals surface area contributed by atoms with Crippen molar-refractivity contribution in [1.82, 2.24) is 0 Å². The summed E-state index contributed by atoms with van der Waals surface area (Å²) in [5, 5.41) is 9.38. The number of rotatable bonds is 3. The van der Waals surface area contributed by atoms with Crippen molar-refractivity contribution >= 4 is 9.84 Å². The van der Waals surface area contributed by atoms with Crippen molar-refractivity contribution < 1.29 is 18.3 Å². The molecule has 20 heavy (non-hydrogen) atoms. The van der Waals surface area contributed by atoms with Crippen molar-refractivity contribution in [3.05, 3.63) is 24.3 Å². The van der Waals surface area contributed by atoms with Crippen molar-refractivity contribution in [1.29, 1.82) is 0 Å². The Morgan fingerprint density at radius 2 is 1.95 bits per heavy atom. The van der Waals surface area contributed by atoms with Crippen LogP contribution in [0.5, 0.6) is 5.75 Å². The highest BCUT2D eigenvalue weighted by molar-refractivity contribution is 7.92. The fourth-order valence-electron chi connectivity index (χ4n) is 2.84. The van der Waals surface area contributed by atoms with Crippen molar-refractivity contribution in [2.24, 2.45) is 5.41 Å². The van der Waals surface area contributed by atoms with Crippen molar-refractivity contribution in [2.75, 3.05) is 7.11 Å². The van der Waals surface area contributed by atoms with Gasteiger partial charge in [0.25, 0.3) is 0 Å². The van der Waals surface area contributed by atoms with Crippen LogP contribution in [0, 0.1) is 5.41 Å². The van der Waals surface area contributed by atoms with Gasteiger partial charge in [-0.3, -0.25) is 0 Å². The van der Waals surface area contributed by atoms with Crippen molar-refractivity contribution in [3.63, 3.8) is 0 Å². The second-order valence-corrected chi connectivity index (χ2v) is 8.34. The average Bonchev–Trinajstić information content (AvgIpc) is 2.41. The maximum absolute atomic E-state index is 12.8. The molecule has 1 aliphatic carbocycles. The largest absolute Gasteiger partial charge is 0.495 e. The van der Waals surface area contributed by atoms with Crippen LogP contribution in [0.1, 0.15) is 33.1 Å². The Bertz CT molecular complexity index is 577. The van der Waals surface area contributed by atoms with Gasteiger partial charge >= 0.3 is 0 Å². The molecule has 1 N–H and O–H groups in total. The summed E-state index contributed by atoms with van der Waals surface area (Å²) in [5.74, 6) is 0.336. The molecule has 1 aliphatic rings. The van der Waals surface area contributed by atoms with E-state index < -0.39 is 21.2 Å². The number of hydrogen-bond donors (Lipinski definition) is 1. The Morgan fingerprint density at radius 1 is 1.30 bits per heavy atom. The third-order valence-corrected chi connectivity index (χ3v) is 6.30. The zero-order valence-corrected chi connectivity index (χ0v) is 13.0. The van der Waals surface area contributed by atoms with Gasteiger partial charge in [-0.1, -0.05) is 26.0 Å². The molecule has 2 rings (SSSR count). The average molecular weight is 298 g/mol. The Kier molecular flexibility index (Phi) is 4.12. The second-order valence-electron chi connectivity index (χ2n) is 6.21. The van der Waals surface area contributed by atoms with Gasteiger partial charge in [0.1, 0.15) is 10.6 Å². The van der Waals surface area contributed by atoms with Gasteiger partial charge in [0, 0.05) is 0 Å². The molecule has 2 unspecified atom stereocenters. The smallest absolute Gasteiger partial charge is 0.187 e. The first-order chi connectivity index (χ1) is 9.28. The summed E-state index contributed by atoms with van der Waals surface area (Å²) in [4.78, 5) is 0.171. The van der Waals surface area contributed by atoms with Crippen molar-refractivity contribution in [3.8, 4) is 5.75 Å². The predicted octanol–water partition coefficient (Wildman–Crippen LogP) is 2.41. The molecule has 0 amide bonds.